The van der Waals surface area contributed by atoms with Crippen LogP contribution in [0.15, 0.2) is 23.1 Å². The molecule has 0 saturated carbocycles. The summed E-state index contributed by atoms with van der Waals surface area (Å²) in [6.45, 7) is 5.79. The Balaban J connectivity index is 1.81. The molecule has 0 aliphatic carbocycles. The number of piperidine rings is 1. The summed E-state index contributed by atoms with van der Waals surface area (Å²) in [7, 11) is -3.71. The third kappa shape index (κ3) is 4.62. The largest absolute Gasteiger partial charge is 0.392 e. The monoisotopic (exact) mass is 412 g/mol. The van der Waals surface area contributed by atoms with E-state index >= 15 is 0 Å². The predicted molar refractivity (Wildman–Crippen MR) is 106 cm³/mol. The normalized spacial score (nSPS) is 20.9. The van der Waals surface area contributed by atoms with Gasteiger partial charge in [0.15, 0.2) is 0 Å². The van der Waals surface area contributed by atoms with Gasteiger partial charge in [0.25, 0.3) is 5.69 Å². The minimum Gasteiger partial charge on any atom is -0.392 e. The number of rotatable bonds is 6. The topological polar surface area (TPSA) is 107 Å². The average molecular weight is 413 g/mol. The molecular weight excluding hydrogens is 384 g/mol. The summed E-state index contributed by atoms with van der Waals surface area (Å²) in [6.07, 6.45) is 2.22. The molecule has 2 saturated heterocycles. The van der Waals surface area contributed by atoms with Crippen LogP contribution in [0.2, 0.25) is 0 Å². The van der Waals surface area contributed by atoms with Gasteiger partial charge >= 0.3 is 0 Å². The van der Waals surface area contributed by atoms with Crippen molar-refractivity contribution < 1.29 is 18.4 Å². The molecule has 9 nitrogen and oxygen atoms in total. The lowest BCUT2D eigenvalue weighted by molar-refractivity contribution is -0.384. The van der Waals surface area contributed by atoms with Crippen molar-refractivity contribution in [2.45, 2.75) is 37.2 Å². The Hall–Kier alpha value is -1.75. The molecule has 28 heavy (non-hydrogen) atoms. The van der Waals surface area contributed by atoms with Crippen LogP contribution in [0, 0.1) is 10.1 Å². The van der Waals surface area contributed by atoms with E-state index in [1.807, 2.05) is 4.90 Å². The van der Waals surface area contributed by atoms with E-state index in [0.717, 1.165) is 19.3 Å². The molecule has 2 aliphatic heterocycles. The van der Waals surface area contributed by atoms with Crippen LogP contribution in [-0.4, -0.2) is 79.6 Å². The first-order valence-electron chi connectivity index (χ1n) is 9.73. The third-order valence-electron chi connectivity index (χ3n) is 5.33. The van der Waals surface area contributed by atoms with Crippen LogP contribution < -0.4 is 4.90 Å². The molecule has 1 aromatic carbocycles. The van der Waals surface area contributed by atoms with E-state index in [1.165, 1.54) is 16.4 Å². The molecule has 1 unspecified atom stereocenters. The number of aliphatic hydroxyl groups is 1. The van der Waals surface area contributed by atoms with Crippen molar-refractivity contribution in [3.63, 3.8) is 0 Å². The van der Waals surface area contributed by atoms with Crippen LogP contribution in [0.5, 0.6) is 0 Å². The number of nitro groups is 1. The molecule has 0 aromatic heterocycles. The number of hydrogen-bond acceptors (Lipinski definition) is 7. The summed E-state index contributed by atoms with van der Waals surface area (Å²) < 4.78 is 27.1. The van der Waals surface area contributed by atoms with Crippen molar-refractivity contribution in [2.75, 3.05) is 50.7 Å². The van der Waals surface area contributed by atoms with Gasteiger partial charge in [0, 0.05) is 51.9 Å². The van der Waals surface area contributed by atoms with Crippen molar-refractivity contribution in [3.8, 4) is 0 Å². The molecule has 156 valence electrons. The van der Waals surface area contributed by atoms with Crippen molar-refractivity contribution in [1.82, 2.24) is 9.21 Å². The maximum atomic E-state index is 12.9. The van der Waals surface area contributed by atoms with Gasteiger partial charge in [-0.05, 0) is 31.9 Å². The Labute approximate surface area is 165 Å². The first kappa shape index (κ1) is 21.0. The van der Waals surface area contributed by atoms with Gasteiger partial charge in [-0.3, -0.25) is 15.0 Å². The third-order valence-corrected chi connectivity index (χ3v) is 7.23. The van der Waals surface area contributed by atoms with Crippen LogP contribution in [0.3, 0.4) is 0 Å². The maximum absolute atomic E-state index is 12.9. The highest BCUT2D eigenvalue weighted by atomic mass is 32.2. The Kier molecular flexibility index (Phi) is 6.54. The molecule has 10 heteroatoms. The molecule has 2 aliphatic rings. The van der Waals surface area contributed by atoms with Crippen LogP contribution >= 0.6 is 0 Å². The van der Waals surface area contributed by atoms with Gasteiger partial charge in [0.05, 0.1) is 15.9 Å². The number of hydrogen-bond donors (Lipinski definition) is 1. The standard InChI is InChI=1S/C18H28N4O5S/c1-15(23)14-19-9-11-20(12-10-19)17-6-5-16(13-18(17)22(24)25)28(26,27)21-7-3-2-4-8-21/h5-6,13,15,23H,2-4,7-12,14H2,1H3. The van der Waals surface area contributed by atoms with Gasteiger partial charge in [-0.15, -0.1) is 0 Å². The van der Waals surface area contributed by atoms with Crippen LogP contribution in [0.1, 0.15) is 26.2 Å². The lowest BCUT2D eigenvalue weighted by Crippen LogP contribution is -2.48. The zero-order valence-corrected chi connectivity index (χ0v) is 17.0. The first-order valence-corrected chi connectivity index (χ1v) is 11.2. The fourth-order valence-corrected chi connectivity index (χ4v) is 5.41. The second-order valence-electron chi connectivity index (χ2n) is 7.51. The number of nitrogens with zero attached hydrogens (tertiary/aromatic N) is 4. The van der Waals surface area contributed by atoms with Crippen LogP contribution in [0.4, 0.5) is 11.4 Å². The number of anilines is 1. The van der Waals surface area contributed by atoms with E-state index in [4.69, 9.17) is 0 Å². The Bertz CT molecular complexity index is 800. The van der Waals surface area contributed by atoms with Gasteiger partial charge in [0.2, 0.25) is 10.0 Å². The fourth-order valence-electron chi connectivity index (χ4n) is 3.88. The number of benzene rings is 1. The van der Waals surface area contributed by atoms with Gasteiger partial charge in [-0.1, -0.05) is 6.42 Å². The number of piperazine rings is 1. The molecule has 0 amide bonds. The van der Waals surface area contributed by atoms with Crippen molar-refractivity contribution in [1.29, 1.82) is 0 Å². The Morgan fingerprint density at radius 2 is 1.75 bits per heavy atom. The summed E-state index contributed by atoms with van der Waals surface area (Å²) >= 11 is 0. The molecule has 1 N–H and O–H groups in total. The number of β-amino-alcohol motifs (C(OH)–C–C–N with tert-alkyl or cyclic N) is 1. The molecule has 2 fully saturated rings. The van der Waals surface area contributed by atoms with E-state index in [9.17, 15) is 23.6 Å². The lowest BCUT2D eigenvalue weighted by atomic mass is 10.2. The van der Waals surface area contributed by atoms with Gasteiger partial charge < -0.3 is 10.0 Å². The second kappa shape index (κ2) is 8.73. The highest BCUT2D eigenvalue weighted by molar-refractivity contribution is 7.89. The molecule has 3 rings (SSSR count). The molecule has 0 bridgehead atoms. The van der Waals surface area contributed by atoms with E-state index in [1.54, 1.807) is 13.0 Å². The summed E-state index contributed by atoms with van der Waals surface area (Å²) in [5.74, 6) is 0. The van der Waals surface area contributed by atoms with Gasteiger partial charge in [0.1, 0.15) is 5.69 Å². The number of aliphatic hydroxyl groups excluding tert-OH is 1. The van der Waals surface area contributed by atoms with Crippen molar-refractivity contribution >= 4 is 21.4 Å². The van der Waals surface area contributed by atoms with Gasteiger partial charge in [-0.25, -0.2) is 8.42 Å². The summed E-state index contributed by atoms with van der Waals surface area (Å²) in [5.41, 5.74) is 0.265. The number of nitro benzene ring substituents is 1. The smallest absolute Gasteiger partial charge is 0.293 e. The number of sulfonamides is 1. The molecule has 1 aromatic rings. The SMILES string of the molecule is CC(O)CN1CCN(c2ccc(S(=O)(=O)N3CCCCC3)cc2[N+](=O)[O-])CC1. The minimum atomic E-state index is -3.71. The van der Waals surface area contributed by atoms with Gasteiger partial charge in [-0.2, -0.15) is 4.31 Å². The first-order chi connectivity index (χ1) is 13.3. The molecule has 1 atom stereocenters. The summed E-state index contributed by atoms with van der Waals surface area (Å²) in [6, 6.07) is 4.23. The highest BCUT2D eigenvalue weighted by Gasteiger charge is 2.30. The molecule has 0 spiro atoms. The molecular formula is C18H28N4O5S. The molecule has 2 heterocycles. The Morgan fingerprint density at radius 3 is 2.32 bits per heavy atom. The van der Waals surface area contributed by atoms with Crippen molar-refractivity contribution in [3.05, 3.63) is 28.3 Å². The van der Waals surface area contributed by atoms with Crippen molar-refractivity contribution in [2.24, 2.45) is 0 Å². The molecule has 0 radical (unpaired) electrons. The zero-order chi connectivity index (χ0) is 20.3. The van der Waals surface area contributed by atoms with E-state index < -0.39 is 21.1 Å². The lowest BCUT2D eigenvalue weighted by Gasteiger charge is -2.36. The van der Waals surface area contributed by atoms with E-state index in [-0.39, 0.29) is 10.6 Å². The average Bonchev–Trinajstić information content (AvgIpc) is 2.68. The quantitative estimate of drug-likeness (QED) is 0.554. The fraction of sp³-hybridized carbons (Fsp3) is 0.667. The maximum Gasteiger partial charge on any atom is 0.293 e. The predicted octanol–water partition coefficient (Wildman–Crippen LogP) is 1.27. The second-order valence-corrected chi connectivity index (χ2v) is 9.45. The van der Waals surface area contributed by atoms with Crippen LogP contribution in [-0.2, 0) is 10.0 Å². The van der Waals surface area contributed by atoms with E-state index in [0.29, 0.717) is 51.5 Å². The summed E-state index contributed by atoms with van der Waals surface area (Å²) in [5, 5.41) is 21.2. The van der Waals surface area contributed by atoms with E-state index in [2.05, 4.69) is 4.90 Å². The van der Waals surface area contributed by atoms with Crippen LogP contribution in [0.25, 0.3) is 0 Å². The summed E-state index contributed by atoms with van der Waals surface area (Å²) in [4.78, 5) is 15.2. The Morgan fingerprint density at radius 1 is 1.11 bits per heavy atom. The minimum absolute atomic E-state index is 0.0161. The highest BCUT2D eigenvalue weighted by Crippen LogP contribution is 2.33. The zero-order valence-electron chi connectivity index (χ0n) is 16.2.